The predicted octanol–water partition coefficient (Wildman–Crippen LogP) is 2.66. The second-order valence-corrected chi connectivity index (χ2v) is 3.33. The van der Waals surface area contributed by atoms with E-state index in [9.17, 15) is 0 Å². The highest BCUT2D eigenvalue weighted by molar-refractivity contribution is 4.64. The van der Waals surface area contributed by atoms with Crippen molar-refractivity contribution in [2.24, 2.45) is 11.7 Å². The zero-order valence-electron chi connectivity index (χ0n) is 9.47. The van der Waals surface area contributed by atoms with Crippen LogP contribution in [-0.4, -0.2) is 20.1 Å². The third kappa shape index (κ3) is 18.5. The van der Waals surface area contributed by atoms with Gasteiger partial charge in [-0.05, 0) is 25.9 Å². The number of rotatable bonds is 6. The maximum atomic E-state index is 4.91. The first-order valence-corrected chi connectivity index (χ1v) is 5.18. The van der Waals surface area contributed by atoms with Crippen molar-refractivity contribution in [2.75, 3.05) is 20.1 Å². The molecule has 3 N–H and O–H groups in total. The van der Waals surface area contributed by atoms with Gasteiger partial charge in [0, 0.05) is 9.40 Å². The second-order valence-electron chi connectivity index (χ2n) is 3.33. The van der Waals surface area contributed by atoms with Gasteiger partial charge in [-0.25, -0.2) is 0 Å². The molecule has 0 aliphatic rings. The molecule has 0 aliphatic carbocycles. The molecule has 0 spiro atoms. The molecule has 13 heavy (non-hydrogen) atoms. The Balaban J connectivity index is -0.0000000883. The van der Waals surface area contributed by atoms with E-state index in [1.54, 1.807) is 6.08 Å². The standard InChI is InChI=1S/C8H19N.C3H7N.2H2/c1-4-5-6-8(2)7-9-3;1-2-3-4;;/h8-9H,4-7H2,1-3H3;2H,1,3-4H2;2*1H. The summed E-state index contributed by atoms with van der Waals surface area (Å²) in [7, 11) is 2.02. The molecular weight excluding hydrogens is 160 g/mol. The Labute approximate surface area is 86.6 Å². The fraction of sp³-hybridized carbons (Fsp3) is 0.818. The number of nitrogens with one attached hydrogen (secondary N) is 1. The summed E-state index contributed by atoms with van der Waals surface area (Å²) < 4.78 is 0. The maximum Gasteiger partial charge on any atom is 0.0104 e. The van der Waals surface area contributed by atoms with Gasteiger partial charge in [0.1, 0.15) is 0 Å². The van der Waals surface area contributed by atoms with Gasteiger partial charge in [-0.3, -0.25) is 0 Å². The monoisotopic (exact) mass is 190 g/mol. The first kappa shape index (κ1) is 15.1. The number of unbranched alkanes of at least 4 members (excludes halogenated alkanes) is 1. The summed E-state index contributed by atoms with van der Waals surface area (Å²) in [6.45, 7) is 9.64. The molecule has 84 valence electrons. The first-order valence-electron chi connectivity index (χ1n) is 5.18. The molecule has 0 amide bonds. The highest BCUT2D eigenvalue weighted by Gasteiger charge is 1.97. The maximum absolute atomic E-state index is 4.91. The largest absolute Gasteiger partial charge is 0.327 e. The average Bonchev–Trinajstić information content (AvgIpc) is 2.16. The first-order chi connectivity index (χ1) is 6.22. The van der Waals surface area contributed by atoms with Gasteiger partial charge in [-0.2, -0.15) is 0 Å². The molecule has 0 saturated carbocycles. The fourth-order valence-corrected chi connectivity index (χ4v) is 1.00. The summed E-state index contributed by atoms with van der Waals surface area (Å²) in [6, 6.07) is 0. The van der Waals surface area contributed by atoms with Crippen LogP contribution < -0.4 is 11.1 Å². The molecule has 0 aromatic carbocycles. The molecule has 0 bridgehead atoms. The van der Waals surface area contributed by atoms with Crippen LogP contribution in [-0.2, 0) is 0 Å². The summed E-state index contributed by atoms with van der Waals surface area (Å²) >= 11 is 0. The lowest BCUT2D eigenvalue weighted by Crippen LogP contribution is -2.15. The van der Waals surface area contributed by atoms with Gasteiger partial charge in [0.15, 0.2) is 0 Å². The van der Waals surface area contributed by atoms with Gasteiger partial charge in [-0.15, -0.1) is 6.58 Å². The van der Waals surface area contributed by atoms with E-state index in [1.807, 2.05) is 7.05 Å². The van der Waals surface area contributed by atoms with E-state index in [1.165, 1.54) is 25.8 Å². The van der Waals surface area contributed by atoms with Crippen molar-refractivity contribution in [3.05, 3.63) is 12.7 Å². The number of nitrogens with two attached hydrogens (primary N) is 1. The van der Waals surface area contributed by atoms with Crippen LogP contribution in [0.25, 0.3) is 0 Å². The van der Waals surface area contributed by atoms with Crippen LogP contribution in [0.5, 0.6) is 0 Å². The van der Waals surface area contributed by atoms with Crippen LogP contribution in [0.2, 0.25) is 0 Å². The molecular formula is C11H30N2. The van der Waals surface area contributed by atoms with Crippen molar-refractivity contribution < 1.29 is 2.85 Å². The van der Waals surface area contributed by atoms with Crippen molar-refractivity contribution in [2.45, 2.75) is 33.1 Å². The summed E-state index contributed by atoms with van der Waals surface area (Å²) in [5.74, 6) is 0.856. The molecule has 2 heteroatoms. The fourth-order valence-electron chi connectivity index (χ4n) is 1.00. The SMILES string of the molecule is C=CCN.CCCCC(C)CNC.[HH].[HH]. The smallest absolute Gasteiger partial charge is 0.0104 e. The van der Waals surface area contributed by atoms with E-state index in [-0.39, 0.29) is 2.85 Å². The van der Waals surface area contributed by atoms with Crippen LogP contribution in [0.15, 0.2) is 12.7 Å². The average molecular weight is 190 g/mol. The van der Waals surface area contributed by atoms with Gasteiger partial charge in [0.2, 0.25) is 0 Å². The molecule has 0 aliphatic heterocycles. The second kappa shape index (κ2) is 14.2. The Morgan fingerprint density at radius 2 is 2.15 bits per heavy atom. The Hall–Kier alpha value is -0.340. The van der Waals surface area contributed by atoms with E-state index >= 15 is 0 Å². The molecule has 1 atom stereocenters. The Bertz CT molecular complexity index is 101. The van der Waals surface area contributed by atoms with Crippen LogP contribution in [0.4, 0.5) is 0 Å². The lowest BCUT2D eigenvalue weighted by Gasteiger charge is -2.08. The van der Waals surface area contributed by atoms with Gasteiger partial charge in [0.05, 0.1) is 0 Å². The molecule has 0 radical (unpaired) electrons. The molecule has 0 fully saturated rings. The topological polar surface area (TPSA) is 38.0 Å². The van der Waals surface area contributed by atoms with Crippen molar-refractivity contribution in [3.63, 3.8) is 0 Å². The Kier molecular flexibility index (Phi) is 16.5. The minimum Gasteiger partial charge on any atom is -0.327 e. The molecule has 0 heterocycles. The lowest BCUT2D eigenvalue weighted by atomic mass is 10.1. The van der Waals surface area contributed by atoms with E-state index in [4.69, 9.17) is 5.73 Å². The Morgan fingerprint density at radius 3 is 2.46 bits per heavy atom. The summed E-state index contributed by atoms with van der Waals surface area (Å²) in [5.41, 5.74) is 4.91. The molecule has 0 saturated heterocycles. The minimum absolute atomic E-state index is 0. The predicted molar refractivity (Wildman–Crippen MR) is 66.1 cm³/mol. The summed E-state index contributed by atoms with van der Waals surface area (Å²) in [6.07, 6.45) is 5.73. The van der Waals surface area contributed by atoms with E-state index < -0.39 is 0 Å². The van der Waals surface area contributed by atoms with Gasteiger partial charge < -0.3 is 11.1 Å². The minimum atomic E-state index is 0. The number of hydrogen-bond acceptors (Lipinski definition) is 2. The molecule has 0 rings (SSSR count). The third-order valence-electron chi connectivity index (χ3n) is 1.77. The van der Waals surface area contributed by atoms with Crippen LogP contribution in [0, 0.1) is 5.92 Å². The Morgan fingerprint density at radius 1 is 1.62 bits per heavy atom. The highest BCUT2D eigenvalue weighted by atomic mass is 14.8. The van der Waals surface area contributed by atoms with E-state index in [0.717, 1.165) is 5.92 Å². The molecule has 1 unspecified atom stereocenters. The van der Waals surface area contributed by atoms with E-state index in [2.05, 4.69) is 25.7 Å². The summed E-state index contributed by atoms with van der Waals surface area (Å²) in [4.78, 5) is 0. The van der Waals surface area contributed by atoms with Crippen molar-refractivity contribution >= 4 is 0 Å². The van der Waals surface area contributed by atoms with Crippen molar-refractivity contribution in [3.8, 4) is 0 Å². The van der Waals surface area contributed by atoms with Crippen LogP contribution in [0.1, 0.15) is 36.0 Å². The number of hydrogen-bond donors (Lipinski definition) is 2. The molecule has 2 nitrogen and oxygen atoms in total. The van der Waals surface area contributed by atoms with E-state index in [0.29, 0.717) is 6.54 Å². The molecule has 0 aromatic heterocycles. The van der Waals surface area contributed by atoms with Crippen molar-refractivity contribution in [1.29, 1.82) is 0 Å². The zero-order chi connectivity index (χ0) is 10.5. The summed E-state index contributed by atoms with van der Waals surface area (Å²) in [5, 5.41) is 3.18. The highest BCUT2D eigenvalue weighted by Crippen LogP contribution is 2.05. The lowest BCUT2D eigenvalue weighted by molar-refractivity contribution is 0.483. The van der Waals surface area contributed by atoms with Crippen LogP contribution in [0.3, 0.4) is 0 Å². The molecule has 0 aromatic rings. The van der Waals surface area contributed by atoms with Gasteiger partial charge in [0.25, 0.3) is 0 Å². The van der Waals surface area contributed by atoms with Gasteiger partial charge >= 0.3 is 0 Å². The zero-order valence-corrected chi connectivity index (χ0v) is 9.47. The normalized spacial score (nSPS) is 11.4. The van der Waals surface area contributed by atoms with Crippen LogP contribution >= 0.6 is 0 Å². The van der Waals surface area contributed by atoms with Crippen molar-refractivity contribution in [1.82, 2.24) is 5.32 Å². The quantitative estimate of drug-likeness (QED) is 0.632. The third-order valence-corrected chi connectivity index (χ3v) is 1.77. The van der Waals surface area contributed by atoms with Gasteiger partial charge in [-0.1, -0.05) is 32.8 Å².